The predicted molar refractivity (Wildman–Crippen MR) is 217 cm³/mol. The van der Waals surface area contributed by atoms with Gasteiger partial charge in [0.25, 0.3) is 0 Å². The molecule has 0 N–H and O–H groups in total. The van der Waals surface area contributed by atoms with Crippen LogP contribution in [0.15, 0.2) is 180 Å². The molecule has 0 bridgehead atoms. The highest BCUT2D eigenvalue weighted by Crippen LogP contribution is 2.43. The maximum Gasteiger partial charge on any atom is 0.137 e. The zero-order chi connectivity index (χ0) is 33.9. The molecule has 4 heterocycles. The van der Waals surface area contributed by atoms with E-state index >= 15 is 0 Å². The van der Waals surface area contributed by atoms with Crippen molar-refractivity contribution in [3.8, 4) is 17.1 Å². The van der Waals surface area contributed by atoms with E-state index in [4.69, 9.17) is 4.42 Å². The average molecular weight is 664 g/mol. The monoisotopic (exact) mass is 663 g/mol. The normalized spacial score (nSPS) is 12.2. The van der Waals surface area contributed by atoms with Crippen LogP contribution in [0.5, 0.6) is 0 Å². The number of hydrogen-bond acceptors (Lipinski definition) is 1. The molecule has 0 radical (unpaired) electrons. The summed E-state index contributed by atoms with van der Waals surface area (Å²) in [6, 6.07) is 63.5. The van der Waals surface area contributed by atoms with Crippen molar-refractivity contribution in [2.75, 3.05) is 0 Å². The minimum atomic E-state index is 0.894. The maximum atomic E-state index is 6.36. The Morgan fingerprint density at radius 3 is 1.27 bits per heavy atom. The number of fused-ring (bicyclic) bond motifs is 13. The second kappa shape index (κ2) is 10.3. The first-order valence-electron chi connectivity index (χ1n) is 17.8. The molecule has 4 aromatic heterocycles. The van der Waals surface area contributed by atoms with E-state index in [0.29, 0.717) is 0 Å². The standard InChI is InChI=1S/C48H29N3O/c1-6-19-39-33(14-1)34-15-2-7-20-40(34)49(39)30-12-11-13-31(28-30)50-41-21-8-3-17-37(41)47-43(50)26-27-44-48(47)38-18-4-9-22-42(38)51(44)32-24-25-36-35-16-5-10-23-45(35)52-46(36)29-32/h1-29H. The Hall–Kier alpha value is -7.04. The molecule has 0 amide bonds. The molecule has 12 rings (SSSR count). The number of nitrogens with zero attached hydrogens (tertiary/aromatic N) is 3. The second-order valence-electron chi connectivity index (χ2n) is 13.7. The van der Waals surface area contributed by atoms with Crippen LogP contribution < -0.4 is 0 Å². The summed E-state index contributed by atoms with van der Waals surface area (Å²) in [5, 5.41) is 9.78. The molecule has 0 fully saturated rings. The van der Waals surface area contributed by atoms with Crippen LogP contribution in [0.2, 0.25) is 0 Å². The molecule has 0 unspecified atom stereocenters. The quantitative estimate of drug-likeness (QED) is 0.185. The molecule has 4 nitrogen and oxygen atoms in total. The molecule has 0 spiro atoms. The highest BCUT2D eigenvalue weighted by molar-refractivity contribution is 6.29. The maximum absolute atomic E-state index is 6.36. The molecule has 0 aliphatic carbocycles. The molecule has 0 aliphatic rings. The first kappa shape index (κ1) is 27.7. The highest BCUT2D eigenvalue weighted by Gasteiger charge is 2.21. The first-order valence-corrected chi connectivity index (χ1v) is 17.8. The van der Waals surface area contributed by atoms with Gasteiger partial charge in [-0.05, 0) is 72.8 Å². The number of benzene rings is 8. The van der Waals surface area contributed by atoms with Gasteiger partial charge in [-0.2, -0.15) is 0 Å². The van der Waals surface area contributed by atoms with Crippen molar-refractivity contribution in [1.29, 1.82) is 0 Å². The highest BCUT2D eigenvalue weighted by atomic mass is 16.3. The van der Waals surface area contributed by atoms with Crippen molar-refractivity contribution in [3.05, 3.63) is 176 Å². The van der Waals surface area contributed by atoms with Crippen LogP contribution in [0, 0.1) is 0 Å². The van der Waals surface area contributed by atoms with Crippen molar-refractivity contribution in [3.63, 3.8) is 0 Å². The number of hydrogen-bond donors (Lipinski definition) is 0. The largest absolute Gasteiger partial charge is 0.456 e. The van der Waals surface area contributed by atoms with Gasteiger partial charge in [0.05, 0.1) is 33.1 Å². The van der Waals surface area contributed by atoms with Crippen LogP contribution in [0.3, 0.4) is 0 Å². The van der Waals surface area contributed by atoms with Gasteiger partial charge in [0, 0.05) is 66.2 Å². The predicted octanol–water partition coefficient (Wildman–Crippen LogP) is 12.9. The van der Waals surface area contributed by atoms with Crippen molar-refractivity contribution in [1.82, 2.24) is 13.7 Å². The molecule has 52 heavy (non-hydrogen) atoms. The third-order valence-corrected chi connectivity index (χ3v) is 11.0. The Kier molecular flexibility index (Phi) is 5.47. The van der Waals surface area contributed by atoms with Crippen molar-refractivity contribution in [2.24, 2.45) is 0 Å². The summed E-state index contributed by atoms with van der Waals surface area (Å²) in [5.74, 6) is 0. The molecular formula is C48H29N3O. The Balaban J connectivity index is 1.14. The summed E-state index contributed by atoms with van der Waals surface area (Å²) >= 11 is 0. The Morgan fingerprint density at radius 1 is 0.269 bits per heavy atom. The van der Waals surface area contributed by atoms with E-state index in [1.165, 1.54) is 65.4 Å². The fourth-order valence-electron chi connectivity index (χ4n) is 8.90. The topological polar surface area (TPSA) is 27.9 Å². The molecule has 12 aromatic rings. The summed E-state index contributed by atoms with van der Waals surface area (Å²) in [4.78, 5) is 0. The third kappa shape index (κ3) is 3.65. The van der Waals surface area contributed by atoms with E-state index in [9.17, 15) is 0 Å². The molecule has 0 saturated heterocycles. The second-order valence-corrected chi connectivity index (χ2v) is 13.7. The van der Waals surface area contributed by atoms with Crippen LogP contribution in [0.25, 0.3) is 104 Å². The fourth-order valence-corrected chi connectivity index (χ4v) is 8.90. The lowest BCUT2D eigenvalue weighted by atomic mass is 10.1. The first-order chi connectivity index (χ1) is 25.8. The lowest BCUT2D eigenvalue weighted by Gasteiger charge is -2.13. The Bertz CT molecular complexity index is 3370. The summed E-state index contributed by atoms with van der Waals surface area (Å²) in [7, 11) is 0. The lowest BCUT2D eigenvalue weighted by molar-refractivity contribution is 0.668. The van der Waals surface area contributed by atoms with E-state index in [-0.39, 0.29) is 0 Å². The van der Waals surface area contributed by atoms with Crippen LogP contribution >= 0.6 is 0 Å². The molecule has 0 atom stereocenters. The van der Waals surface area contributed by atoms with Crippen LogP contribution in [0.1, 0.15) is 0 Å². The van der Waals surface area contributed by atoms with Gasteiger partial charge >= 0.3 is 0 Å². The van der Waals surface area contributed by atoms with E-state index in [0.717, 1.165) is 39.0 Å². The number of furan rings is 1. The lowest BCUT2D eigenvalue weighted by Crippen LogP contribution is -1.98. The van der Waals surface area contributed by atoms with Crippen LogP contribution in [-0.4, -0.2) is 13.7 Å². The zero-order valence-electron chi connectivity index (χ0n) is 28.0. The average Bonchev–Trinajstić information content (AvgIpc) is 3.94. The van der Waals surface area contributed by atoms with E-state index in [1.54, 1.807) is 0 Å². The molecule has 0 saturated carbocycles. The SMILES string of the molecule is c1cc(-n2c3ccccc3c3ccccc32)cc(-n2c3ccccc3c3c4c5ccccc5n(-c5ccc6c(c5)oc5ccccc56)c4ccc32)c1. The van der Waals surface area contributed by atoms with Crippen LogP contribution in [0.4, 0.5) is 0 Å². The molecule has 8 aromatic carbocycles. The van der Waals surface area contributed by atoms with Gasteiger partial charge in [0.15, 0.2) is 0 Å². The van der Waals surface area contributed by atoms with Gasteiger partial charge in [0.2, 0.25) is 0 Å². The third-order valence-electron chi connectivity index (χ3n) is 11.0. The number of aromatic nitrogens is 3. The van der Waals surface area contributed by atoms with Crippen molar-refractivity contribution >= 4 is 87.4 Å². The van der Waals surface area contributed by atoms with Crippen molar-refractivity contribution < 1.29 is 4.42 Å². The smallest absolute Gasteiger partial charge is 0.137 e. The van der Waals surface area contributed by atoms with E-state index in [2.05, 4.69) is 177 Å². The summed E-state index contributed by atoms with van der Waals surface area (Å²) in [6.07, 6.45) is 0. The Labute approximate surface area is 297 Å². The minimum absolute atomic E-state index is 0.894. The summed E-state index contributed by atoms with van der Waals surface area (Å²) in [6.45, 7) is 0. The van der Waals surface area contributed by atoms with Crippen LogP contribution in [-0.2, 0) is 0 Å². The van der Waals surface area contributed by atoms with E-state index in [1.807, 2.05) is 12.1 Å². The summed E-state index contributed by atoms with van der Waals surface area (Å²) in [5.41, 5.74) is 12.3. The fraction of sp³-hybridized carbons (Fsp3) is 0. The zero-order valence-corrected chi connectivity index (χ0v) is 28.0. The molecule has 4 heteroatoms. The minimum Gasteiger partial charge on any atom is -0.456 e. The summed E-state index contributed by atoms with van der Waals surface area (Å²) < 4.78 is 13.6. The van der Waals surface area contributed by atoms with Gasteiger partial charge in [0.1, 0.15) is 11.2 Å². The number of rotatable bonds is 3. The number of para-hydroxylation sites is 5. The van der Waals surface area contributed by atoms with Gasteiger partial charge in [-0.25, -0.2) is 0 Å². The molecule has 0 aliphatic heterocycles. The van der Waals surface area contributed by atoms with Gasteiger partial charge in [-0.1, -0.05) is 97.1 Å². The molecular weight excluding hydrogens is 635 g/mol. The molecule has 242 valence electrons. The van der Waals surface area contributed by atoms with Gasteiger partial charge in [-0.3, -0.25) is 0 Å². The van der Waals surface area contributed by atoms with Gasteiger partial charge in [-0.15, -0.1) is 0 Å². The Morgan fingerprint density at radius 2 is 0.692 bits per heavy atom. The van der Waals surface area contributed by atoms with E-state index < -0.39 is 0 Å². The van der Waals surface area contributed by atoms with Crippen molar-refractivity contribution in [2.45, 2.75) is 0 Å². The van der Waals surface area contributed by atoms with Gasteiger partial charge < -0.3 is 18.1 Å².